The van der Waals surface area contributed by atoms with E-state index < -0.39 is 5.54 Å². The zero-order valence-electron chi connectivity index (χ0n) is 12.8. The monoisotopic (exact) mass is 267 g/mol. The summed E-state index contributed by atoms with van der Waals surface area (Å²) in [4.78, 5) is 12.0. The van der Waals surface area contributed by atoms with E-state index in [1.165, 1.54) is 12.7 Å². The van der Waals surface area contributed by atoms with Crippen molar-refractivity contribution in [3.63, 3.8) is 0 Å². The van der Waals surface area contributed by atoms with E-state index in [2.05, 4.69) is 17.3 Å². The second kappa shape index (κ2) is 6.19. The zero-order chi connectivity index (χ0) is 14.6. The molecule has 1 aromatic heterocycles. The summed E-state index contributed by atoms with van der Waals surface area (Å²) >= 11 is 0. The van der Waals surface area contributed by atoms with Crippen LogP contribution in [-0.4, -0.2) is 34.9 Å². The van der Waals surface area contributed by atoms with Gasteiger partial charge in [-0.3, -0.25) is 4.68 Å². The summed E-state index contributed by atoms with van der Waals surface area (Å²) in [5.74, 6) is -0.258. The number of carbonyl (C=O) groups is 1. The Morgan fingerprint density at radius 1 is 1.42 bits per heavy atom. The van der Waals surface area contributed by atoms with Crippen LogP contribution in [0.15, 0.2) is 0 Å². The summed E-state index contributed by atoms with van der Waals surface area (Å²) in [6.07, 6.45) is 0.961. The molecule has 0 spiro atoms. The number of carbonyl (C=O) groups excluding carboxylic acids is 1. The molecule has 1 aromatic rings. The first kappa shape index (κ1) is 15.7. The van der Waals surface area contributed by atoms with Crippen LogP contribution in [-0.2, 0) is 16.1 Å². The van der Waals surface area contributed by atoms with E-state index in [0.29, 0.717) is 6.54 Å². The molecule has 19 heavy (non-hydrogen) atoms. The molecule has 0 aliphatic heterocycles. The van der Waals surface area contributed by atoms with Gasteiger partial charge < -0.3 is 10.1 Å². The highest BCUT2D eigenvalue weighted by Crippen LogP contribution is 2.16. The third kappa shape index (κ3) is 3.35. The molecule has 1 N–H and O–H groups in total. The molecule has 0 saturated heterocycles. The number of aromatic nitrogens is 2. The van der Waals surface area contributed by atoms with Crippen molar-refractivity contribution >= 4 is 5.97 Å². The van der Waals surface area contributed by atoms with Crippen LogP contribution >= 0.6 is 0 Å². The maximum Gasteiger partial charge on any atom is 0.327 e. The third-order valence-corrected chi connectivity index (χ3v) is 3.61. The van der Waals surface area contributed by atoms with Crippen LogP contribution < -0.4 is 5.32 Å². The lowest BCUT2D eigenvalue weighted by molar-refractivity contribution is -0.148. The van der Waals surface area contributed by atoms with Crippen LogP contribution in [0, 0.1) is 20.8 Å². The molecule has 108 valence electrons. The Kier molecular flexibility index (Phi) is 5.11. The van der Waals surface area contributed by atoms with Crippen LogP contribution in [0.5, 0.6) is 0 Å². The molecule has 5 heteroatoms. The van der Waals surface area contributed by atoms with E-state index >= 15 is 0 Å². The minimum absolute atomic E-state index is 0.258. The maximum absolute atomic E-state index is 12.0. The number of nitrogens with one attached hydrogen (secondary N) is 1. The van der Waals surface area contributed by atoms with Gasteiger partial charge in [-0.2, -0.15) is 5.10 Å². The molecule has 0 fully saturated rings. The number of aryl methyl sites for hydroxylation is 1. The second-order valence-electron chi connectivity index (χ2n) is 5.20. The summed E-state index contributed by atoms with van der Waals surface area (Å²) in [6.45, 7) is 11.2. The van der Waals surface area contributed by atoms with E-state index in [0.717, 1.165) is 24.4 Å². The Morgan fingerprint density at radius 2 is 2.05 bits per heavy atom. The van der Waals surface area contributed by atoms with Crippen LogP contribution in [0.25, 0.3) is 0 Å². The fourth-order valence-corrected chi connectivity index (χ4v) is 2.06. The number of methoxy groups -OCH3 is 1. The molecule has 1 atom stereocenters. The molecule has 0 aliphatic carbocycles. The number of hydrogen-bond donors (Lipinski definition) is 1. The zero-order valence-corrected chi connectivity index (χ0v) is 12.8. The standard InChI is InChI=1S/C14H25N3O2/c1-7-8-15-14(5,13(18)19-6)9-17-12(4)10(2)11(3)16-17/h15H,7-9H2,1-6H3. The van der Waals surface area contributed by atoms with Gasteiger partial charge in [-0.1, -0.05) is 6.92 Å². The van der Waals surface area contributed by atoms with Gasteiger partial charge in [-0.05, 0) is 46.2 Å². The van der Waals surface area contributed by atoms with E-state index in [1.807, 2.05) is 32.4 Å². The lowest BCUT2D eigenvalue weighted by atomic mass is 10.0. The van der Waals surface area contributed by atoms with E-state index in [9.17, 15) is 4.79 Å². The van der Waals surface area contributed by atoms with Crippen LogP contribution in [0.3, 0.4) is 0 Å². The Hall–Kier alpha value is -1.36. The van der Waals surface area contributed by atoms with Gasteiger partial charge in [0.25, 0.3) is 0 Å². The van der Waals surface area contributed by atoms with Gasteiger partial charge in [0.05, 0.1) is 19.3 Å². The first-order valence-corrected chi connectivity index (χ1v) is 6.69. The van der Waals surface area contributed by atoms with E-state index in [1.54, 1.807) is 0 Å². The highest BCUT2D eigenvalue weighted by Gasteiger charge is 2.35. The van der Waals surface area contributed by atoms with Crippen molar-refractivity contribution in [2.45, 2.75) is 53.1 Å². The van der Waals surface area contributed by atoms with Gasteiger partial charge in [-0.15, -0.1) is 0 Å². The molecular weight excluding hydrogens is 242 g/mol. The lowest BCUT2D eigenvalue weighted by Gasteiger charge is -2.28. The van der Waals surface area contributed by atoms with Crippen molar-refractivity contribution in [3.05, 3.63) is 17.0 Å². The molecule has 0 bridgehead atoms. The van der Waals surface area contributed by atoms with Crippen molar-refractivity contribution in [1.29, 1.82) is 0 Å². The average molecular weight is 267 g/mol. The quantitative estimate of drug-likeness (QED) is 0.798. The molecule has 0 aliphatic rings. The van der Waals surface area contributed by atoms with E-state index in [-0.39, 0.29) is 5.97 Å². The fourth-order valence-electron chi connectivity index (χ4n) is 2.06. The van der Waals surface area contributed by atoms with Crippen molar-refractivity contribution in [1.82, 2.24) is 15.1 Å². The van der Waals surface area contributed by atoms with Gasteiger partial charge in [0, 0.05) is 5.69 Å². The number of nitrogens with zero attached hydrogens (tertiary/aromatic N) is 2. The minimum atomic E-state index is -0.750. The minimum Gasteiger partial charge on any atom is -0.468 e. The Labute approximate surface area is 115 Å². The Bertz CT molecular complexity index is 454. The normalized spacial score (nSPS) is 14.2. The summed E-state index contributed by atoms with van der Waals surface area (Å²) < 4.78 is 6.80. The predicted molar refractivity (Wildman–Crippen MR) is 75.2 cm³/mol. The smallest absolute Gasteiger partial charge is 0.327 e. The SMILES string of the molecule is CCCNC(C)(Cn1nc(C)c(C)c1C)C(=O)OC. The number of ether oxygens (including phenoxy) is 1. The van der Waals surface area contributed by atoms with Crippen LogP contribution in [0.4, 0.5) is 0 Å². The van der Waals surface area contributed by atoms with Gasteiger partial charge in [-0.25, -0.2) is 4.79 Å². The lowest BCUT2D eigenvalue weighted by Crippen LogP contribution is -2.53. The van der Waals surface area contributed by atoms with Crippen molar-refractivity contribution in [2.75, 3.05) is 13.7 Å². The van der Waals surface area contributed by atoms with Gasteiger partial charge >= 0.3 is 5.97 Å². The summed E-state index contributed by atoms with van der Waals surface area (Å²) in [5, 5.41) is 7.75. The van der Waals surface area contributed by atoms with Gasteiger partial charge in [0.1, 0.15) is 5.54 Å². The van der Waals surface area contributed by atoms with Gasteiger partial charge in [0.15, 0.2) is 0 Å². The molecular formula is C14H25N3O2. The highest BCUT2D eigenvalue weighted by molar-refractivity contribution is 5.80. The summed E-state index contributed by atoms with van der Waals surface area (Å²) in [5.41, 5.74) is 2.51. The first-order chi connectivity index (χ1) is 8.85. The molecule has 0 amide bonds. The molecule has 0 saturated carbocycles. The van der Waals surface area contributed by atoms with E-state index in [4.69, 9.17) is 4.74 Å². The molecule has 0 aromatic carbocycles. The summed E-state index contributed by atoms with van der Waals surface area (Å²) in [7, 11) is 1.42. The molecule has 1 unspecified atom stereocenters. The number of hydrogen-bond acceptors (Lipinski definition) is 4. The largest absolute Gasteiger partial charge is 0.468 e. The topological polar surface area (TPSA) is 56.2 Å². The highest BCUT2D eigenvalue weighted by atomic mass is 16.5. The Balaban J connectivity index is 3.00. The van der Waals surface area contributed by atoms with Crippen molar-refractivity contribution in [3.8, 4) is 0 Å². The second-order valence-corrected chi connectivity index (χ2v) is 5.20. The maximum atomic E-state index is 12.0. The summed E-state index contributed by atoms with van der Waals surface area (Å²) in [6, 6.07) is 0. The van der Waals surface area contributed by atoms with Crippen LogP contribution in [0.1, 0.15) is 37.2 Å². The fraction of sp³-hybridized carbons (Fsp3) is 0.714. The molecule has 1 heterocycles. The van der Waals surface area contributed by atoms with Crippen molar-refractivity contribution in [2.24, 2.45) is 0 Å². The number of esters is 1. The molecule has 0 radical (unpaired) electrons. The van der Waals surface area contributed by atoms with Crippen molar-refractivity contribution < 1.29 is 9.53 Å². The average Bonchev–Trinajstić information content (AvgIpc) is 2.63. The molecule has 5 nitrogen and oxygen atoms in total. The van der Waals surface area contributed by atoms with Crippen LogP contribution in [0.2, 0.25) is 0 Å². The molecule has 1 rings (SSSR count). The first-order valence-electron chi connectivity index (χ1n) is 6.69. The number of rotatable bonds is 6. The third-order valence-electron chi connectivity index (χ3n) is 3.61. The predicted octanol–water partition coefficient (Wildman–Crippen LogP) is 1.74. The van der Waals surface area contributed by atoms with Gasteiger partial charge in [0.2, 0.25) is 0 Å². The Morgan fingerprint density at radius 3 is 2.47 bits per heavy atom.